The van der Waals surface area contributed by atoms with Crippen LogP contribution in [0.1, 0.15) is 86.7 Å². The van der Waals surface area contributed by atoms with Gasteiger partial charge >= 0.3 is 0 Å². The number of fused-ring (bicyclic) bond motifs is 2. The second kappa shape index (κ2) is 20.0. The summed E-state index contributed by atoms with van der Waals surface area (Å²) in [4.78, 5) is 18.7. The van der Waals surface area contributed by atoms with Crippen molar-refractivity contribution in [3.05, 3.63) is 70.3 Å². The van der Waals surface area contributed by atoms with E-state index in [0.717, 1.165) is 120 Å². The summed E-state index contributed by atoms with van der Waals surface area (Å²) >= 11 is 8.40. The molecule has 55 heavy (non-hydrogen) atoms. The van der Waals surface area contributed by atoms with Gasteiger partial charge in [0.2, 0.25) is 0 Å². The number of halogens is 1. The first-order valence-electron chi connectivity index (χ1n) is 20.6. The summed E-state index contributed by atoms with van der Waals surface area (Å²) < 4.78 is 32.3. The van der Waals surface area contributed by atoms with Crippen LogP contribution < -0.4 is 19.7 Å². The monoisotopic (exact) mass is 813 g/mol. The predicted octanol–water partition coefficient (Wildman–Crippen LogP) is 7.33. The molecule has 2 fully saturated rings. The predicted molar refractivity (Wildman–Crippen MR) is 230 cm³/mol. The minimum atomic E-state index is -1.55. The van der Waals surface area contributed by atoms with E-state index in [1.165, 1.54) is 11.1 Å². The van der Waals surface area contributed by atoms with E-state index in [-0.39, 0.29) is 23.0 Å². The maximum absolute atomic E-state index is 13.6. The van der Waals surface area contributed by atoms with Gasteiger partial charge in [-0.25, -0.2) is 8.51 Å². The number of nitrogens with zero attached hydrogens (tertiary/aromatic N) is 3. The summed E-state index contributed by atoms with van der Waals surface area (Å²) in [6.45, 7) is 15.3. The van der Waals surface area contributed by atoms with Crippen LogP contribution >= 0.6 is 23.5 Å². The third-order valence-corrected chi connectivity index (χ3v) is 15.3. The van der Waals surface area contributed by atoms with Gasteiger partial charge < -0.3 is 19.7 Å². The lowest BCUT2D eigenvalue weighted by Gasteiger charge is -2.51. The molecule has 4 aliphatic rings. The molecule has 2 bridgehead atoms. The summed E-state index contributed by atoms with van der Waals surface area (Å²) in [5, 5.41) is 4.21. The fourth-order valence-electron chi connectivity index (χ4n) is 8.92. The molecule has 7 atom stereocenters. The first-order valence-corrected chi connectivity index (χ1v) is 23.4. The molecule has 1 saturated heterocycles. The van der Waals surface area contributed by atoms with Gasteiger partial charge in [-0.15, -0.1) is 0 Å². The van der Waals surface area contributed by atoms with Gasteiger partial charge in [0.05, 0.1) is 17.5 Å². The Balaban J connectivity index is 1.37. The number of carbonyl (C=O) groups is 1. The van der Waals surface area contributed by atoms with Gasteiger partial charge in [0.25, 0.3) is 5.91 Å². The highest BCUT2D eigenvalue weighted by Gasteiger charge is 2.48. The number of rotatable bonds is 8. The molecule has 9 nitrogen and oxygen atoms in total. The molecule has 1 saturated carbocycles. The van der Waals surface area contributed by atoms with Crippen LogP contribution in [0.25, 0.3) is 0 Å². The lowest BCUT2D eigenvalue weighted by atomic mass is 9.63. The number of methoxy groups -OCH3 is 1. The van der Waals surface area contributed by atoms with E-state index in [1.54, 1.807) is 0 Å². The van der Waals surface area contributed by atoms with Gasteiger partial charge in [-0.1, -0.05) is 62.0 Å². The van der Waals surface area contributed by atoms with Crippen LogP contribution in [-0.2, 0) is 22.1 Å². The Morgan fingerprint density at radius 1 is 1.07 bits per heavy atom. The summed E-state index contributed by atoms with van der Waals surface area (Å²) in [5.74, 6) is 1.35. The zero-order valence-electron chi connectivity index (χ0n) is 33.7. The third kappa shape index (κ3) is 10.5. The van der Waals surface area contributed by atoms with Crippen molar-refractivity contribution in [1.29, 1.82) is 0 Å². The average molecular weight is 815 g/mol. The number of aryl methyl sites for hydroxylation is 1. The molecule has 7 unspecified atom stereocenters. The topological polar surface area (TPSA) is 86.4 Å². The van der Waals surface area contributed by atoms with E-state index < -0.39 is 16.6 Å². The maximum atomic E-state index is 13.6. The van der Waals surface area contributed by atoms with E-state index in [1.807, 2.05) is 50.2 Å². The molecule has 2 aromatic rings. The second-order valence-electron chi connectivity index (χ2n) is 16.2. The van der Waals surface area contributed by atoms with E-state index in [2.05, 4.69) is 68.5 Å². The summed E-state index contributed by atoms with van der Waals surface area (Å²) in [6, 6.07) is 12.0. The smallest absolute Gasteiger partial charge is 0.263 e. The van der Waals surface area contributed by atoms with E-state index in [9.17, 15) is 9.00 Å². The van der Waals surface area contributed by atoms with Crippen molar-refractivity contribution in [3.63, 3.8) is 0 Å². The van der Waals surface area contributed by atoms with Crippen molar-refractivity contribution in [1.82, 2.24) is 19.2 Å². The Kier molecular flexibility index (Phi) is 15.5. The number of amides is 1. The summed E-state index contributed by atoms with van der Waals surface area (Å²) in [5.41, 5.74) is 3.51. The number of hydrogen-bond acceptors (Lipinski definition) is 9. The van der Waals surface area contributed by atoms with E-state index in [4.69, 9.17) is 21.1 Å². The van der Waals surface area contributed by atoms with Gasteiger partial charge in [-0.2, -0.15) is 0 Å². The molecule has 2 aromatic carbocycles. The number of benzene rings is 2. The standard InChI is InChI=1S/C43H64ClN5O4S2/c1-6-7-11-33-25-37(44)14-15-38(33)36-28-48-27-35-12-16-39(35)43(52-4,30-47-21-9-22-49(54-5)24-20-45-19-23-47)18-8-10-31(2)32(3)55(51)46-42(50)34-13-17-41(53-29-36)40(48)26-34/h8,13-15,17-18,25-26,31-32,35-36,39,45H,6-7,9-12,16,19-24,27-30H2,1-5H3,(H,46,50)/b18-8+. The lowest BCUT2D eigenvalue weighted by molar-refractivity contribution is -0.0915. The molecule has 3 aliphatic heterocycles. The number of carbonyl (C=O) groups excluding carboxylic acids is 1. The highest BCUT2D eigenvalue weighted by atomic mass is 35.5. The number of anilines is 1. The molecule has 3 heterocycles. The number of hydrogen-bond donors (Lipinski definition) is 2. The molecule has 6 rings (SSSR count). The largest absolute Gasteiger partial charge is 0.491 e. The fraction of sp³-hybridized carbons (Fsp3) is 0.651. The SMILES string of the molecule is CCCCc1cc(Cl)ccc1C1COc2ccc3cc2N(C1)CC1CCC1C(CN1CCCN(SC)CCNCC1)(OC)/C=C/CC(C)C(C)S(=O)NC3=O. The minimum Gasteiger partial charge on any atom is -0.491 e. The fourth-order valence-corrected chi connectivity index (χ4v) is 10.7. The molecule has 0 aromatic heterocycles. The van der Waals surface area contributed by atoms with Gasteiger partial charge in [0.15, 0.2) is 0 Å². The Labute approximate surface area is 342 Å². The van der Waals surface area contributed by atoms with Crippen LogP contribution in [-0.4, -0.2) is 109 Å². The normalized spacial score (nSPS) is 30.9. The van der Waals surface area contributed by atoms with Crippen molar-refractivity contribution in [2.24, 2.45) is 17.8 Å². The highest BCUT2D eigenvalue weighted by molar-refractivity contribution is 7.96. The molecule has 0 radical (unpaired) electrons. The highest BCUT2D eigenvalue weighted by Crippen LogP contribution is 2.47. The average Bonchev–Trinajstić information content (AvgIpc) is 3.35. The van der Waals surface area contributed by atoms with Crippen LogP contribution in [0.15, 0.2) is 48.6 Å². The Hall–Kier alpha value is -2.12. The van der Waals surface area contributed by atoms with Crippen molar-refractivity contribution in [3.8, 4) is 5.75 Å². The summed E-state index contributed by atoms with van der Waals surface area (Å²) in [7, 11) is 0.352. The van der Waals surface area contributed by atoms with Crippen LogP contribution in [0, 0.1) is 17.8 Å². The molecule has 1 aliphatic carbocycles. The molecule has 304 valence electrons. The first-order chi connectivity index (χ1) is 26.6. The molecule has 12 heteroatoms. The van der Waals surface area contributed by atoms with E-state index >= 15 is 0 Å². The summed E-state index contributed by atoms with van der Waals surface area (Å²) in [6.07, 6.45) is 14.1. The zero-order valence-corrected chi connectivity index (χ0v) is 36.1. The lowest BCUT2D eigenvalue weighted by Crippen LogP contribution is -2.57. The third-order valence-electron chi connectivity index (χ3n) is 12.7. The zero-order chi connectivity index (χ0) is 39.0. The van der Waals surface area contributed by atoms with Crippen LogP contribution in [0.3, 0.4) is 0 Å². The van der Waals surface area contributed by atoms with Crippen LogP contribution in [0.4, 0.5) is 5.69 Å². The second-order valence-corrected chi connectivity index (χ2v) is 19.0. The first kappa shape index (κ1) is 42.5. The van der Waals surface area contributed by atoms with Gasteiger partial charge in [-0.05, 0) is 117 Å². The number of ether oxygens (including phenoxy) is 2. The number of nitrogens with one attached hydrogen (secondary N) is 2. The van der Waals surface area contributed by atoms with Gasteiger partial charge in [0, 0.05) is 76.0 Å². The Morgan fingerprint density at radius 2 is 1.91 bits per heavy atom. The molecule has 2 N–H and O–H groups in total. The van der Waals surface area contributed by atoms with Gasteiger partial charge in [0.1, 0.15) is 22.3 Å². The Bertz CT molecular complexity index is 1650. The number of allylic oxidation sites excluding steroid dienone is 1. The van der Waals surface area contributed by atoms with Crippen LogP contribution in [0.5, 0.6) is 5.75 Å². The molecular formula is C43H64ClN5O4S2. The van der Waals surface area contributed by atoms with Crippen molar-refractivity contribution in [2.75, 3.05) is 83.8 Å². The molecular weight excluding hydrogens is 750 g/mol. The van der Waals surface area contributed by atoms with Crippen molar-refractivity contribution >= 4 is 46.1 Å². The molecule has 1 amide bonds. The van der Waals surface area contributed by atoms with E-state index in [0.29, 0.717) is 24.0 Å². The quantitative estimate of drug-likeness (QED) is 0.210. The van der Waals surface area contributed by atoms with Crippen LogP contribution in [0.2, 0.25) is 5.02 Å². The maximum Gasteiger partial charge on any atom is 0.263 e. The van der Waals surface area contributed by atoms with Gasteiger partial charge in [-0.3, -0.25) is 14.4 Å². The Morgan fingerprint density at radius 3 is 2.67 bits per heavy atom. The number of unbranched alkanes of at least 4 members (excludes halogenated alkanes) is 1. The van der Waals surface area contributed by atoms with Crippen molar-refractivity contribution < 1.29 is 18.5 Å². The van der Waals surface area contributed by atoms with Crippen molar-refractivity contribution in [2.45, 2.75) is 82.5 Å². The molecule has 0 spiro atoms. The minimum absolute atomic E-state index is 0.0932.